The molecule has 0 atom stereocenters. The Morgan fingerprint density at radius 3 is 2.56 bits per heavy atom. The first-order valence-corrected chi connectivity index (χ1v) is 12.5. The summed E-state index contributed by atoms with van der Waals surface area (Å²) >= 11 is 0. The van der Waals surface area contributed by atoms with Crippen LogP contribution in [-0.4, -0.2) is 54.5 Å². The van der Waals surface area contributed by atoms with Crippen LogP contribution in [0.15, 0.2) is 54.7 Å². The number of benzene rings is 2. The van der Waals surface area contributed by atoms with Crippen molar-refractivity contribution in [1.82, 2.24) is 35.5 Å². The van der Waals surface area contributed by atoms with Gasteiger partial charge in [-0.15, -0.1) is 5.10 Å². The summed E-state index contributed by atoms with van der Waals surface area (Å²) in [6, 6.07) is 16.4. The van der Waals surface area contributed by atoms with Crippen molar-refractivity contribution >= 4 is 11.7 Å². The molecule has 184 valence electrons. The van der Waals surface area contributed by atoms with Gasteiger partial charge in [-0.25, -0.2) is 15.1 Å². The number of rotatable bonds is 9. The van der Waals surface area contributed by atoms with Crippen LogP contribution in [0.3, 0.4) is 0 Å². The lowest BCUT2D eigenvalue weighted by Gasteiger charge is -2.18. The third kappa shape index (κ3) is 5.25. The van der Waals surface area contributed by atoms with E-state index in [0.717, 1.165) is 73.3 Å². The molecule has 9 heteroatoms. The van der Waals surface area contributed by atoms with E-state index >= 15 is 0 Å². The third-order valence-corrected chi connectivity index (χ3v) is 6.47. The first-order valence-electron chi connectivity index (χ1n) is 12.5. The molecule has 0 unspecified atom stereocenters. The molecular weight excluding hydrogens is 452 g/mol. The van der Waals surface area contributed by atoms with Crippen molar-refractivity contribution in [1.29, 1.82) is 0 Å². The van der Waals surface area contributed by atoms with Crippen molar-refractivity contribution in [3.8, 4) is 22.5 Å². The van der Waals surface area contributed by atoms with Gasteiger partial charge < -0.3 is 10.2 Å². The van der Waals surface area contributed by atoms with Crippen LogP contribution in [-0.2, 0) is 13.0 Å². The lowest BCUT2D eigenvalue weighted by atomic mass is 9.98. The lowest BCUT2D eigenvalue weighted by Crippen LogP contribution is -2.29. The van der Waals surface area contributed by atoms with Gasteiger partial charge in [-0.2, -0.15) is 0 Å². The van der Waals surface area contributed by atoms with Crippen molar-refractivity contribution in [2.75, 3.05) is 18.4 Å². The van der Waals surface area contributed by atoms with E-state index in [1.54, 1.807) is 6.20 Å². The standard InChI is InChI=1S/C27H30N8O/c1-2-3-10-24-28-18-23(27(36)35-15-6-7-16-35)25(30-24)29-17-19-11-13-20(14-12-19)21-8-4-5-9-22(21)26-31-33-34-32-26/h4-5,8-9,11-14,18H,2-3,6-7,10,15-17H2,1H3,(H,28,29,30)(H,31,32,33,34). The summed E-state index contributed by atoms with van der Waals surface area (Å²) in [7, 11) is 0. The molecule has 0 bridgehead atoms. The second kappa shape index (κ2) is 11.1. The number of aryl methyl sites for hydroxylation is 1. The van der Waals surface area contributed by atoms with Crippen LogP contribution in [0, 0.1) is 0 Å². The number of nitrogens with one attached hydrogen (secondary N) is 2. The summed E-state index contributed by atoms with van der Waals surface area (Å²) in [6.45, 7) is 4.29. The maximum absolute atomic E-state index is 13.1. The van der Waals surface area contributed by atoms with Crippen LogP contribution in [0.2, 0.25) is 0 Å². The van der Waals surface area contributed by atoms with Gasteiger partial charge in [0.05, 0.1) is 0 Å². The fourth-order valence-corrected chi connectivity index (χ4v) is 4.46. The van der Waals surface area contributed by atoms with E-state index in [9.17, 15) is 4.79 Å². The summed E-state index contributed by atoms with van der Waals surface area (Å²) in [6.07, 6.45) is 6.69. The Balaban J connectivity index is 1.34. The molecule has 1 amide bonds. The van der Waals surface area contributed by atoms with Crippen LogP contribution < -0.4 is 5.32 Å². The van der Waals surface area contributed by atoms with E-state index in [0.29, 0.717) is 23.8 Å². The van der Waals surface area contributed by atoms with E-state index < -0.39 is 0 Å². The largest absolute Gasteiger partial charge is 0.365 e. The number of aromatic nitrogens is 6. The number of H-pyrrole nitrogens is 1. The zero-order chi connectivity index (χ0) is 24.7. The smallest absolute Gasteiger partial charge is 0.259 e. The van der Waals surface area contributed by atoms with Crippen molar-refractivity contribution in [2.45, 2.75) is 45.6 Å². The normalized spacial score (nSPS) is 13.2. The summed E-state index contributed by atoms with van der Waals surface area (Å²) in [5.41, 5.74) is 4.69. The number of nitrogens with zero attached hydrogens (tertiary/aromatic N) is 6. The van der Waals surface area contributed by atoms with Crippen molar-refractivity contribution in [3.05, 3.63) is 71.7 Å². The van der Waals surface area contributed by atoms with Crippen molar-refractivity contribution in [2.24, 2.45) is 0 Å². The highest BCUT2D eigenvalue weighted by atomic mass is 16.2. The van der Waals surface area contributed by atoms with Gasteiger partial charge in [0.15, 0.2) is 5.82 Å². The van der Waals surface area contributed by atoms with E-state index in [1.165, 1.54) is 0 Å². The second-order valence-corrected chi connectivity index (χ2v) is 9.00. The van der Waals surface area contributed by atoms with E-state index in [-0.39, 0.29) is 5.91 Å². The molecule has 3 heterocycles. The molecule has 2 aromatic carbocycles. The zero-order valence-corrected chi connectivity index (χ0v) is 20.4. The summed E-state index contributed by atoms with van der Waals surface area (Å²) in [5, 5.41) is 17.7. The number of aromatic amines is 1. The third-order valence-electron chi connectivity index (χ3n) is 6.47. The van der Waals surface area contributed by atoms with Crippen molar-refractivity contribution in [3.63, 3.8) is 0 Å². The highest BCUT2D eigenvalue weighted by Crippen LogP contribution is 2.30. The Morgan fingerprint density at radius 2 is 1.83 bits per heavy atom. The highest BCUT2D eigenvalue weighted by Gasteiger charge is 2.23. The molecule has 0 saturated carbocycles. The highest BCUT2D eigenvalue weighted by molar-refractivity contribution is 5.98. The number of hydrogen-bond acceptors (Lipinski definition) is 7. The van der Waals surface area contributed by atoms with Gasteiger partial charge >= 0.3 is 0 Å². The minimum Gasteiger partial charge on any atom is -0.365 e. The number of likely N-dealkylation sites (tertiary alicyclic amines) is 1. The van der Waals surface area contributed by atoms with Crippen LogP contribution in [0.25, 0.3) is 22.5 Å². The first kappa shape index (κ1) is 23.6. The number of unbranched alkanes of at least 4 members (excludes halogenated alkanes) is 1. The van der Waals surface area contributed by atoms with E-state index in [4.69, 9.17) is 4.98 Å². The van der Waals surface area contributed by atoms with E-state index in [2.05, 4.69) is 68.2 Å². The van der Waals surface area contributed by atoms with Crippen LogP contribution >= 0.6 is 0 Å². The molecule has 0 radical (unpaired) electrons. The summed E-state index contributed by atoms with van der Waals surface area (Å²) in [5.74, 6) is 2.02. The van der Waals surface area contributed by atoms with Gasteiger partial charge in [0, 0.05) is 37.8 Å². The topological polar surface area (TPSA) is 113 Å². The van der Waals surface area contributed by atoms with Gasteiger partial charge in [0.2, 0.25) is 0 Å². The van der Waals surface area contributed by atoms with Crippen molar-refractivity contribution < 1.29 is 4.79 Å². The van der Waals surface area contributed by atoms with Gasteiger partial charge in [-0.05, 0) is 46.4 Å². The quantitative estimate of drug-likeness (QED) is 0.361. The van der Waals surface area contributed by atoms with Gasteiger partial charge in [0.25, 0.3) is 5.91 Å². The minimum atomic E-state index is 0.00547. The second-order valence-electron chi connectivity index (χ2n) is 9.00. The summed E-state index contributed by atoms with van der Waals surface area (Å²) in [4.78, 5) is 24.2. The number of carbonyl (C=O) groups excluding carboxylic acids is 1. The SMILES string of the molecule is CCCCc1ncc(C(=O)N2CCCC2)c(NCc2ccc(-c3ccccc3-c3nnn[nH]3)cc2)n1. The Hall–Kier alpha value is -4.14. The molecule has 2 aromatic heterocycles. The Morgan fingerprint density at radius 1 is 1.06 bits per heavy atom. The molecule has 0 spiro atoms. The molecule has 36 heavy (non-hydrogen) atoms. The predicted molar refractivity (Wildman–Crippen MR) is 138 cm³/mol. The average Bonchev–Trinajstić information content (AvgIpc) is 3.66. The Kier molecular flexibility index (Phi) is 7.25. The zero-order valence-electron chi connectivity index (χ0n) is 20.4. The molecule has 1 saturated heterocycles. The fraction of sp³-hybridized carbons (Fsp3) is 0.333. The number of amides is 1. The minimum absolute atomic E-state index is 0.00547. The van der Waals surface area contributed by atoms with E-state index in [1.807, 2.05) is 23.1 Å². The molecule has 0 aliphatic carbocycles. The number of tetrazole rings is 1. The molecule has 5 rings (SSSR count). The number of carbonyl (C=O) groups is 1. The predicted octanol–water partition coefficient (Wildman–Crippen LogP) is 4.51. The van der Waals surface area contributed by atoms with Gasteiger partial charge in [-0.1, -0.05) is 61.9 Å². The fourth-order valence-electron chi connectivity index (χ4n) is 4.46. The monoisotopic (exact) mass is 482 g/mol. The van der Waals surface area contributed by atoms with Gasteiger partial charge in [0.1, 0.15) is 17.2 Å². The average molecular weight is 483 g/mol. The van der Waals surface area contributed by atoms with Crippen LogP contribution in [0.1, 0.15) is 54.4 Å². The molecule has 4 aromatic rings. The summed E-state index contributed by atoms with van der Waals surface area (Å²) < 4.78 is 0. The molecule has 1 aliphatic rings. The number of hydrogen-bond donors (Lipinski definition) is 2. The lowest BCUT2D eigenvalue weighted by molar-refractivity contribution is 0.0793. The molecule has 1 aliphatic heterocycles. The Bertz CT molecular complexity index is 1300. The first-order chi connectivity index (χ1) is 17.7. The molecule has 9 nitrogen and oxygen atoms in total. The van der Waals surface area contributed by atoms with Gasteiger partial charge in [-0.3, -0.25) is 4.79 Å². The number of anilines is 1. The molecular formula is C27H30N8O. The molecule has 1 fully saturated rings. The van der Waals surface area contributed by atoms with Crippen LogP contribution in [0.5, 0.6) is 0 Å². The maximum atomic E-state index is 13.1. The Labute approximate surface area is 210 Å². The molecule has 2 N–H and O–H groups in total. The van der Waals surface area contributed by atoms with Crippen LogP contribution in [0.4, 0.5) is 5.82 Å². The maximum Gasteiger partial charge on any atom is 0.259 e.